The Labute approximate surface area is 159 Å². The molecule has 2 N–H and O–H groups in total. The minimum Gasteiger partial charge on any atom is -0.487 e. The van der Waals surface area contributed by atoms with Crippen LogP contribution >= 0.6 is 11.8 Å². The fourth-order valence-electron chi connectivity index (χ4n) is 3.84. The quantitative estimate of drug-likeness (QED) is 0.726. The van der Waals surface area contributed by atoms with Gasteiger partial charge in [-0.15, -0.1) is 0 Å². The van der Waals surface area contributed by atoms with Gasteiger partial charge < -0.3 is 14.9 Å². The summed E-state index contributed by atoms with van der Waals surface area (Å²) < 4.78 is 7.58. The third-order valence-electron chi connectivity index (χ3n) is 5.02. The minimum absolute atomic E-state index is 0.174. The maximum atomic E-state index is 11.9. The summed E-state index contributed by atoms with van der Waals surface area (Å²) in [5.74, 6) is -0.222. The Bertz CT molecular complexity index is 1050. The van der Waals surface area contributed by atoms with Crippen LogP contribution < -0.4 is 4.74 Å². The molecule has 3 aromatic rings. The number of imidazole rings is 1. The van der Waals surface area contributed by atoms with Gasteiger partial charge in [0.1, 0.15) is 18.1 Å². The molecule has 0 amide bonds. The number of hydrogen-bond acceptors (Lipinski definition) is 5. The number of para-hydroxylation sites is 1. The van der Waals surface area contributed by atoms with E-state index in [9.17, 15) is 15.0 Å². The molecule has 0 saturated carbocycles. The van der Waals surface area contributed by atoms with E-state index in [2.05, 4.69) is 4.98 Å². The van der Waals surface area contributed by atoms with Gasteiger partial charge in [-0.3, -0.25) is 9.36 Å². The van der Waals surface area contributed by atoms with E-state index in [1.165, 1.54) is 11.8 Å². The van der Waals surface area contributed by atoms with Crippen LogP contribution in [0.1, 0.15) is 17.7 Å². The van der Waals surface area contributed by atoms with Crippen molar-refractivity contribution < 1.29 is 19.7 Å². The zero-order valence-corrected chi connectivity index (χ0v) is 15.0. The molecule has 0 radical (unpaired) electrons. The normalized spacial score (nSPS) is 22.5. The monoisotopic (exact) mass is 380 g/mol. The van der Waals surface area contributed by atoms with Crippen LogP contribution in [0.5, 0.6) is 5.75 Å². The highest BCUT2D eigenvalue weighted by Gasteiger charge is 2.51. The molecule has 2 atom stereocenters. The average molecular weight is 380 g/mol. The summed E-state index contributed by atoms with van der Waals surface area (Å²) in [7, 11) is 0. The van der Waals surface area contributed by atoms with Crippen LogP contribution in [0.2, 0.25) is 0 Å². The van der Waals surface area contributed by atoms with Crippen LogP contribution in [0, 0.1) is 0 Å². The number of fused-ring (bicyclic) bond motifs is 5. The molecule has 0 fully saturated rings. The van der Waals surface area contributed by atoms with Gasteiger partial charge in [0.25, 0.3) is 0 Å². The lowest BCUT2D eigenvalue weighted by Gasteiger charge is -2.33. The molecule has 7 heteroatoms. The van der Waals surface area contributed by atoms with Crippen LogP contribution in [0.4, 0.5) is 0 Å². The predicted molar refractivity (Wildman–Crippen MR) is 99.6 cm³/mol. The Morgan fingerprint density at radius 1 is 1.22 bits per heavy atom. The second kappa shape index (κ2) is 5.87. The van der Waals surface area contributed by atoms with E-state index in [-0.39, 0.29) is 6.42 Å². The number of nitrogens with zero attached hydrogens (tertiary/aromatic N) is 2. The fourth-order valence-corrected chi connectivity index (χ4v) is 5.23. The second-order valence-corrected chi connectivity index (χ2v) is 7.78. The largest absolute Gasteiger partial charge is 0.487 e. The lowest BCUT2D eigenvalue weighted by molar-refractivity contribution is -0.138. The first kappa shape index (κ1) is 16.4. The highest BCUT2D eigenvalue weighted by Crippen LogP contribution is 2.52. The third kappa shape index (κ3) is 2.32. The first-order chi connectivity index (χ1) is 13.1. The Balaban J connectivity index is 1.77. The van der Waals surface area contributed by atoms with E-state index < -0.39 is 16.9 Å². The highest BCUT2D eigenvalue weighted by atomic mass is 32.2. The number of aliphatic hydroxyl groups is 1. The number of rotatable bonds is 3. The van der Waals surface area contributed by atoms with Crippen molar-refractivity contribution in [3.8, 4) is 17.0 Å². The number of hydrogen-bond donors (Lipinski definition) is 2. The summed E-state index contributed by atoms with van der Waals surface area (Å²) in [6, 6.07) is 16.8. The number of carboxylic acids is 1. The molecule has 3 heterocycles. The van der Waals surface area contributed by atoms with Gasteiger partial charge in [-0.25, -0.2) is 4.98 Å². The van der Waals surface area contributed by atoms with Crippen LogP contribution in [0.3, 0.4) is 0 Å². The Morgan fingerprint density at radius 3 is 2.74 bits per heavy atom. The maximum Gasteiger partial charge on any atom is 0.304 e. The Kier molecular flexibility index (Phi) is 3.57. The number of carboxylic acid groups (broad SMARTS) is 1. The Morgan fingerprint density at radius 2 is 1.96 bits per heavy atom. The van der Waals surface area contributed by atoms with Gasteiger partial charge in [0.05, 0.1) is 17.4 Å². The van der Waals surface area contributed by atoms with Crippen LogP contribution in [-0.4, -0.2) is 31.0 Å². The van der Waals surface area contributed by atoms with Gasteiger partial charge >= 0.3 is 5.97 Å². The molecule has 1 aromatic heterocycles. The molecule has 0 saturated heterocycles. The molecular formula is C20H16N2O4S. The van der Waals surface area contributed by atoms with Crippen LogP contribution in [-0.2, 0) is 17.1 Å². The number of carbonyl (C=O) groups is 1. The lowest BCUT2D eigenvalue weighted by Crippen LogP contribution is -2.42. The average Bonchev–Trinajstić information content (AvgIpc) is 3.17. The Hall–Kier alpha value is -2.77. The molecule has 136 valence electrons. The zero-order valence-electron chi connectivity index (χ0n) is 14.2. The molecule has 5 rings (SSSR count). The van der Waals surface area contributed by atoms with Crippen molar-refractivity contribution in [3.63, 3.8) is 0 Å². The number of thioether (sulfide) groups is 1. The van der Waals surface area contributed by atoms with Crippen molar-refractivity contribution in [1.29, 1.82) is 0 Å². The fraction of sp³-hybridized carbons (Fsp3) is 0.200. The molecule has 0 aliphatic carbocycles. The molecular weight excluding hydrogens is 364 g/mol. The summed E-state index contributed by atoms with van der Waals surface area (Å²) in [6.07, 6.45) is -0.174. The van der Waals surface area contributed by atoms with E-state index in [0.29, 0.717) is 17.3 Å². The highest BCUT2D eigenvalue weighted by molar-refractivity contribution is 8.00. The van der Waals surface area contributed by atoms with Crippen molar-refractivity contribution in [2.45, 2.75) is 29.2 Å². The third-order valence-corrected chi connectivity index (χ3v) is 6.29. The summed E-state index contributed by atoms with van der Waals surface area (Å²) in [4.78, 5) is 16.1. The molecule has 0 bridgehead atoms. The summed E-state index contributed by atoms with van der Waals surface area (Å²) >= 11 is 1.30. The van der Waals surface area contributed by atoms with Gasteiger partial charge in [0.2, 0.25) is 0 Å². The topological polar surface area (TPSA) is 84.6 Å². The second-order valence-electron chi connectivity index (χ2n) is 6.61. The van der Waals surface area contributed by atoms with Crippen molar-refractivity contribution in [1.82, 2.24) is 9.55 Å². The molecule has 27 heavy (non-hydrogen) atoms. The number of aromatic nitrogens is 2. The van der Waals surface area contributed by atoms with E-state index >= 15 is 0 Å². The van der Waals surface area contributed by atoms with Gasteiger partial charge in [0, 0.05) is 11.1 Å². The van der Waals surface area contributed by atoms with E-state index in [1.807, 2.05) is 54.6 Å². The van der Waals surface area contributed by atoms with Crippen molar-refractivity contribution >= 4 is 17.7 Å². The van der Waals surface area contributed by atoms with Crippen molar-refractivity contribution in [3.05, 3.63) is 65.9 Å². The van der Waals surface area contributed by atoms with Gasteiger partial charge in [-0.1, -0.05) is 54.2 Å². The van der Waals surface area contributed by atoms with Crippen molar-refractivity contribution in [2.24, 2.45) is 0 Å². The van der Waals surface area contributed by atoms with Gasteiger partial charge in [0.15, 0.2) is 10.9 Å². The standard InChI is InChI=1S/C20H16N2O4S/c23-17(24)10-16-20(25,12-6-2-1-3-7-12)22-18-13-8-4-5-9-15(13)26-11-14(18)21-19(22)27-16/h1-9,16,25H,10-11H2,(H,23,24)/t16-,20+/m1/s1. The SMILES string of the molecule is O=C(O)C[C@H]1Sc2nc3c(n2[C@]1(O)c1ccccc1)-c1ccccc1OC3. The summed E-state index contributed by atoms with van der Waals surface area (Å²) in [5, 5.41) is 21.3. The number of ether oxygens (including phenoxy) is 1. The van der Waals surface area contributed by atoms with Crippen LogP contribution in [0.25, 0.3) is 11.3 Å². The molecule has 2 aromatic carbocycles. The molecule has 6 nitrogen and oxygen atoms in total. The first-order valence-corrected chi connectivity index (χ1v) is 9.47. The maximum absolute atomic E-state index is 11.9. The van der Waals surface area contributed by atoms with Crippen LogP contribution in [0.15, 0.2) is 59.8 Å². The molecule has 2 aliphatic rings. The number of benzene rings is 2. The van der Waals surface area contributed by atoms with E-state index in [1.54, 1.807) is 4.57 Å². The molecule has 2 aliphatic heterocycles. The first-order valence-electron chi connectivity index (χ1n) is 8.59. The van der Waals surface area contributed by atoms with Gasteiger partial charge in [-0.05, 0) is 12.1 Å². The lowest BCUT2D eigenvalue weighted by atomic mass is 9.95. The zero-order chi connectivity index (χ0) is 18.6. The molecule has 0 spiro atoms. The van der Waals surface area contributed by atoms with Crippen molar-refractivity contribution in [2.75, 3.05) is 0 Å². The minimum atomic E-state index is -1.51. The predicted octanol–water partition coefficient (Wildman–Crippen LogP) is 3.08. The number of aliphatic carboxylic acids is 1. The van der Waals surface area contributed by atoms with E-state index in [0.717, 1.165) is 22.7 Å². The molecule has 0 unspecified atom stereocenters. The summed E-state index contributed by atoms with van der Waals surface area (Å²) in [6.45, 7) is 0.321. The summed E-state index contributed by atoms with van der Waals surface area (Å²) in [5.41, 5.74) is 1.53. The smallest absolute Gasteiger partial charge is 0.304 e. The van der Waals surface area contributed by atoms with Gasteiger partial charge in [-0.2, -0.15) is 0 Å². The van der Waals surface area contributed by atoms with E-state index in [4.69, 9.17) is 4.74 Å².